The second-order valence-corrected chi connectivity index (χ2v) is 4.21. The zero-order chi connectivity index (χ0) is 9.80. The molecule has 4 heteroatoms. The first-order valence-electron chi connectivity index (χ1n) is 4.23. The molecule has 0 bridgehead atoms. The maximum absolute atomic E-state index is 5.94. The minimum atomic E-state index is 0.657. The van der Waals surface area contributed by atoms with Crippen molar-refractivity contribution in [1.82, 2.24) is 4.98 Å². The van der Waals surface area contributed by atoms with Crippen molar-refractivity contribution in [2.45, 2.75) is 6.54 Å². The molecule has 0 saturated carbocycles. The molecule has 2 rings (SSSR count). The van der Waals surface area contributed by atoms with Gasteiger partial charge in [-0.1, -0.05) is 17.7 Å². The third kappa shape index (κ3) is 2.25. The summed E-state index contributed by atoms with van der Waals surface area (Å²) in [7, 11) is 0. The van der Waals surface area contributed by atoms with Crippen LogP contribution in [0.15, 0.2) is 35.8 Å². The van der Waals surface area contributed by atoms with E-state index in [9.17, 15) is 0 Å². The predicted octanol–water partition coefficient (Wildman–Crippen LogP) is 3.41. The molecule has 1 N–H and O–H groups in total. The summed E-state index contributed by atoms with van der Waals surface area (Å²) in [6, 6.07) is 7.75. The summed E-state index contributed by atoms with van der Waals surface area (Å²) >= 11 is 7.66. The Hall–Kier alpha value is -1.06. The summed E-state index contributed by atoms with van der Waals surface area (Å²) in [6.07, 6.45) is 1.72. The maximum Gasteiger partial charge on any atom is 0.145 e. The van der Waals surface area contributed by atoms with Crippen LogP contribution in [0, 0.1) is 0 Å². The van der Waals surface area contributed by atoms with Crippen molar-refractivity contribution in [3.8, 4) is 0 Å². The second-order valence-electron chi connectivity index (χ2n) is 2.77. The van der Waals surface area contributed by atoms with E-state index in [2.05, 4.69) is 21.7 Å². The third-order valence-corrected chi connectivity index (χ3v) is 2.95. The first-order valence-corrected chi connectivity index (χ1v) is 5.49. The SMILES string of the molecule is Clc1cccnc1NCc1cccs1. The van der Waals surface area contributed by atoms with E-state index in [-0.39, 0.29) is 0 Å². The number of anilines is 1. The molecule has 0 atom stereocenters. The third-order valence-electron chi connectivity index (χ3n) is 1.77. The van der Waals surface area contributed by atoms with Crippen LogP contribution in [0.2, 0.25) is 5.02 Å². The van der Waals surface area contributed by atoms with Gasteiger partial charge < -0.3 is 5.32 Å². The van der Waals surface area contributed by atoms with Gasteiger partial charge >= 0.3 is 0 Å². The van der Waals surface area contributed by atoms with Gasteiger partial charge in [0.2, 0.25) is 0 Å². The summed E-state index contributed by atoms with van der Waals surface area (Å²) in [6.45, 7) is 0.772. The minimum absolute atomic E-state index is 0.657. The second kappa shape index (κ2) is 4.44. The van der Waals surface area contributed by atoms with Gasteiger partial charge in [-0.3, -0.25) is 0 Å². The van der Waals surface area contributed by atoms with E-state index in [1.54, 1.807) is 17.5 Å². The van der Waals surface area contributed by atoms with Crippen LogP contribution in [0.25, 0.3) is 0 Å². The van der Waals surface area contributed by atoms with Gasteiger partial charge in [0.05, 0.1) is 11.6 Å². The zero-order valence-corrected chi connectivity index (χ0v) is 8.98. The van der Waals surface area contributed by atoms with E-state index in [0.29, 0.717) is 5.02 Å². The zero-order valence-electron chi connectivity index (χ0n) is 7.40. The summed E-state index contributed by atoms with van der Waals surface area (Å²) < 4.78 is 0. The fourth-order valence-corrected chi connectivity index (χ4v) is 1.93. The molecule has 2 nitrogen and oxygen atoms in total. The Bertz CT molecular complexity index is 400. The maximum atomic E-state index is 5.94. The molecule has 0 spiro atoms. The van der Waals surface area contributed by atoms with E-state index in [0.717, 1.165) is 12.4 Å². The topological polar surface area (TPSA) is 24.9 Å². The highest BCUT2D eigenvalue weighted by molar-refractivity contribution is 7.09. The lowest BCUT2D eigenvalue weighted by molar-refractivity contribution is 1.14. The Morgan fingerprint density at radius 2 is 2.29 bits per heavy atom. The van der Waals surface area contributed by atoms with Crippen LogP contribution in [-0.4, -0.2) is 4.98 Å². The molecule has 0 unspecified atom stereocenters. The van der Waals surface area contributed by atoms with Gasteiger partial charge in [-0.05, 0) is 23.6 Å². The Labute approximate surface area is 91.6 Å². The van der Waals surface area contributed by atoms with Crippen LogP contribution in [0.4, 0.5) is 5.82 Å². The van der Waals surface area contributed by atoms with Crippen molar-refractivity contribution in [2.75, 3.05) is 5.32 Å². The molecule has 2 aromatic rings. The molecule has 2 heterocycles. The average molecular weight is 225 g/mol. The molecule has 0 aliphatic heterocycles. The summed E-state index contributed by atoms with van der Waals surface area (Å²) in [4.78, 5) is 5.41. The Balaban J connectivity index is 2.02. The number of nitrogens with zero attached hydrogens (tertiary/aromatic N) is 1. The standard InChI is InChI=1S/C10H9ClN2S/c11-9-4-1-5-12-10(9)13-7-8-3-2-6-14-8/h1-6H,7H2,(H,12,13). The molecule has 0 saturated heterocycles. The molecule has 0 amide bonds. The summed E-state index contributed by atoms with van der Waals surface area (Å²) in [5.41, 5.74) is 0. The van der Waals surface area contributed by atoms with Crippen molar-refractivity contribution in [3.05, 3.63) is 45.7 Å². The molecule has 72 valence electrons. The first kappa shape index (κ1) is 9.49. The normalized spacial score (nSPS) is 10.1. The highest BCUT2D eigenvalue weighted by atomic mass is 35.5. The molecule has 0 radical (unpaired) electrons. The number of pyridine rings is 1. The van der Waals surface area contributed by atoms with Crippen LogP contribution in [-0.2, 0) is 6.54 Å². The molecule has 0 fully saturated rings. The van der Waals surface area contributed by atoms with E-state index in [1.165, 1.54) is 4.88 Å². The molecule has 0 aliphatic carbocycles. The fourth-order valence-electron chi connectivity index (χ4n) is 1.10. The minimum Gasteiger partial charge on any atom is -0.364 e. The molecule has 0 aromatic carbocycles. The number of hydrogen-bond donors (Lipinski definition) is 1. The summed E-state index contributed by atoms with van der Waals surface area (Å²) in [5, 5.41) is 5.89. The van der Waals surface area contributed by atoms with E-state index in [1.807, 2.05) is 18.2 Å². The number of nitrogens with one attached hydrogen (secondary N) is 1. The largest absolute Gasteiger partial charge is 0.364 e. The van der Waals surface area contributed by atoms with Crippen LogP contribution >= 0.6 is 22.9 Å². The average Bonchev–Trinajstić information content (AvgIpc) is 2.69. The van der Waals surface area contributed by atoms with Crippen LogP contribution in [0.1, 0.15) is 4.88 Å². The lowest BCUT2D eigenvalue weighted by atomic mass is 10.4. The Morgan fingerprint density at radius 3 is 3.00 bits per heavy atom. The van der Waals surface area contributed by atoms with Crippen molar-refractivity contribution in [2.24, 2.45) is 0 Å². The number of thiophene rings is 1. The number of hydrogen-bond acceptors (Lipinski definition) is 3. The van der Waals surface area contributed by atoms with Crippen molar-refractivity contribution in [3.63, 3.8) is 0 Å². The molecular weight excluding hydrogens is 216 g/mol. The van der Waals surface area contributed by atoms with Gasteiger partial charge in [0, 0.05) is 11.1 Å². The molecule has 0 aliphatic rings. The van der Waals surface area contributed by atoms with Gasteiger partial charge in [-0.2, -0.15) is 0 Å². The van der Waals surface area contributed by atoms with E-state index >= 15 is 0 Å². The van der Waals surface area contributed by atoms with Crippen molar-refractivity contribution < 1.29 is 0 Å². The highest BCUT2D eigenvalue weighted by Crippen LogP contribution is 2.19. The Morgan fingerprint density at radius 1 is 1.36 bits per heavy atom. The van der Waals surface area contributed by atoms with E-state index in [4.69, 9.17) is 11.6 Å². The van der Waals surface area contributed by atoms with Gasteiger partial charge in [0.15, 0.2) is 0 Å². The van der Waals surface area contributed by atoms with Gasteiger partial charge in [0.1, 0.15) is 5.82 Å². The first-order chi connectivity index (χ1) is 6.86. The molecule has 14 heavy (non-hydrogen) atoms. The van der Waals surface area contributed by atoms with Crippen LogP contribution < -0.4 is 5.32 Å². The molecular formula is C10H9ClN2S. The van der Waals surface area contributed by atoms with Crippen LogP contribution in [0.3, 0.4) is 0 Å². The van der Waals surface area contributed by atoms with Gasteiger partial charge in [-0.25, -0.2) is 4.98 Å². The predicted molar refractivity (Wildman–Crippen MR) is 60.9 cm³/mol. The van der Waals surface area contributed by atoms with Crippen LogP contribution in [0.5, 0.6) is 0 Å². The monoisotopic (exact) mass is 224 g/mol. The van der Waals surface area contributed by atoms with Gasteiger partial charge in [0.25, 0.3) is 0 Å². The number of halogens is 1. The van der Waals surface area contributed by atoms with Crippen molar-refractivity contribution >= 4 is 28.8 Å². The molecule has 2 aromatic heterocycles. The quantitative estimate of drug-likeness (QED) is 0.865. The highest BCUT2D eigenvalue weighted by Gasteiger charge is 1.99. The summed E-state index contributed by atoms with van der Waals surface area (Å²) in [5.74, 6) is 0.738. The Kier molecular flexibility index (Phi) is 3.01. The number of rotatable bonds is 3. The van der Waals surface area contributed by atoms with Gasteiger partial charge in [-0.15, -0.1) is 11.3 Å². The van der Waals surface area contributed by atoms with Crippen molar-refractivity contribution in [1.29, 1.82) is 0 Å². The smallest absolute Gasteiger partial charge is 0.145 e. The van der Waals surface area contributed by atoms with E-state index < -0.39 is 0 Å². The lowest BCUT2D eigenvalue weighted by Crippen LogP contribution is -1.99. The fraction of sp³-hybridized carbons (Fsp3) is 0.100. The number of aromatic nitrogens is 1. The lowest BCUT2D eigenvalue weighted by Gasteiger charge is -2.04.